The normalized spacial score (nSPS) is 20.8. The van der Waals surface area contributed by atoms with Gasteiger partial charge in [0.05, 0.1) is 0 Å². The van der Waals surface area contributed by atoms with Gasteiger partial charge in [-0.1, -0.05) is 18.6 Å². The Morgan fingerprint density at radius 1 is 1.35 bits per heavy atom. The van der Waals surface area contributed by atoms with Crippen LogP contribution in [-0.4, -0.2) is 12.6 Å². The topological polar surface area (TPSA) is 12.0 Å². The Labute approximate surface area is 101 Å². The number of aryl methyl sites for hydroxylation is 1. The van der Waals surface area contributed by atoms with E-state index in [-0.39, 0.29) is 5.56 Å². The van der Waals surface area contributed by atoms with E-state index in [2.05, 4.69) is 5.32 Å². The average molecular weight is 239 g/mol. The molecule has 1 fully saturated rings. The Hall–Kier alpha value is -0.960. The summed E-state index contributed by atoms with van der Waals surface area (Å²) < 4.78 is 25.5. The van der Waals surface area contributed by atoms with Gasteiger partial charge < -0.3 is 5.32 Å². The minimum atomic E-state index is -2.37. The van der Waals surface area contributed by atoms with Gasteiger partial charge in [-0.25, -0.2) is 8.78 Å². The Bertz CT molecular complexity index is 370. The van der Waals surface area contributed by atoms with E-state index in [1.165, 1.54) is 12.8 Å². The first kappa shape index (κ1) is 12.5. The zero-order chi connectivity index (χ0) is 12.3. The van der Waals surface area contributed by atoms with Gasteiger partial charge in [-0.15, -0.1) is 0 Å². The van der Waals surface area contributed by atoms with E-state index in [9.17, 15) is 8.78 Å². The third-order valence-corrected chi connectivity index (χ3v) is 3.47. The molecule has 0 bridgehead atoms. The fraction of sp³-hybridized carbons (Fsp3) is 0.571. The van der Waals surface area contributed by atoms with Crippen molar-refractivity contribution in [2.24, 2.45) is 0 Å². The molecule has 0 spiro atoms. The van der Waals surface area contributed by atoms with Crippen molar-refractivity contribution < 1.29 is 8.78 Å². The molecule has 1 saturated heterocycles. The molecule has 0 radical (unpaired) electrons. The molecule has 1 heterocycles. The molecular weight excluding hydrogens is 220 g/mol. The first-order valence-electron chi connectivity index (χ1n) is 6.28. The highest BCUT2D eigenvalue weighted by Crippen LogP contribution is 2.24. The molecule has 0 aromatic heterocycles. The molecule has 0 amide bonds. The number of halogens is 2. The van der Waals surface area contributed by atoms with Gasteiger partial charge in [0.25, 0.3) is 6.43 Å². The second-order valence-electron chi connectivity index (χ2n) is 4.84. The van der Waals surface area contributed by atoms with Crippen molar-refractivity contribution in [3.63, 3.8) is 0 Å². The van der Waals surface area contributed by atoms with Crippen molar-refractivity contribution in [1.29, 1.82) is 0 Å². The fourth-order valence-electron chi connectivity index (χ4n) is 2.43. The number of alkyl halides is 2. The highest BCUT2D eigenvalue weighted by molar-refractivity contribution is 5.32. The van der Waals surface area contributed by atoms with E-state index in [1.807, 2.05) is 6.07 Å². The van der Waals surface area contributed by atoms with Crippen molar-refractivity contribution >= 4 is 0 Å². The molecular formula is C14H19F2N. The molecule has 0 saturated carbocycles. The van der Waals surface area contributed by atoms with Crippen LogP contribution in [0, 0.1) is 6.92 Å². The van der Waals surface area contributed by atoms with Crippen LogP contribution < -0.4 is 5.32 Å². The molecule has 1 atom stereocenters. The second kappa shape index (κ2) is 5.58. The van der Waals surface area contributed by atoms with E-state index in [0.29, 0.717) is 11.6 Å². The van der Waals surface area contributed by atoms with E-state index in [1.54, 1.807) is 19.1 Å². The van der Waals surface area contributed by atoms with Gasteiger partial charge in [0.1, 0.15) is 0 Å². The molecule has 1 unspecified atom stereocenters. The number of nitrogens with one attached hydrogen (secondary N) is 1. The molecule has 1 aliphatic rings. The van der Waals surface area contributed by atoms with Crippen molar-refractivity contribution in [2.45, 2.75) is 45.1 Å². The maximum Gasteiger partial charge on any atom is 0.264 e. The summed E-state index contributed by atoms with van der Waals surface area (Å²) in [6.07, 6.45) is 2.12. The first-order chi connectivity index (χ1) is 8.16. The molecule has 2 rings (SSSR count). The minimum Gasteiger partial charge on any atom is -0.314 e. The van der Waals surface area contributed by atoms with Crippen molar-refractivity contribution in [3.8, 4) is 0 Å². The van der Waals surface area contributed by atoms with E-state index >= 15 is 0 Å². The Balaban J connectivity index is 2.07. The van der Waals surface area contributed by atoms with Gasteiger partial charge in [-0.05, 0) is 49.9 Å². The van der Waals surface area contributed by atoms with Gasteiger partial charge >= 0.3 is 0 Å². The Kier molecular flexibility index (Phi) is 4.11. The largest absolute Gasteiger partial charge is 0.314 e. The van der Waals surface area contributed by atoms with Crippen LogP contribution in [0.15, 0.2) is 18.2 Å². The first-order valence-corrected chi connectivity index (χ1v) is 6.28. The maximum absolute atomic E-state index is 12.8. The van der Waals surface area contributed by atoms with Crippen LogP contribution in [0.1, 0.15) is 42.4 Å². The lowest BCUT2D eigenvalue weighted by Crippen LogP contribution is -2.35. The van der Waals surface area contributed by atoms with Crippen LogP contribution in [0.2, 0.25) is 0 Å². The van der Waals surface area contributed by atoms with Crippen molar-refractivity contribution in [3.05, 3.63) is 34.9 Å². The van der Waals surface area contributed by atoms with Crippen molar-refractivity contribution in [2.75, 3.05) is 6.54 Å². The van der Waals surface area contributed by atoms with Crippen LogP contribution >= 0.6 is 0 Å². The molecule has 3 heteroatoms. The molecule has 1 aromatic rings. The SMILES string of the molecule is Cc1ccc(CC2CCCCN2)cc1C(F)F. The van der Waals surface area contributed by atoms with Gasteiger partial charge in [0, 0.05) is 11.6 Å². The van der Waals surface area contributed by atoms with Crippen LogP contribution in [0.25, 0.3) is 0 Å². The van der Waals surface area contributed by atoms with Gasteiger partial charge in [-0.3, -0.25) is 0 Å². The number of hydrogen-bond acceptors (Lipinski definition) is 1. The molecule has 94 valence electrons. The van der Waals surface area contributed by atoms with Crippen LogP contribution in [0.3, 0.4) is 0 Å². The summed E-state index contributed by atoms with van der Waals surface area (Å²) in [5.74, 6) is 0. The van der Waals surface area contributed by atoms with Crippen LogP contribution in [0.5, 0.6) is 0 Å². The standard InChI is InChI=1S/C14H19F2N/c1-10-5-6-11(9-13(10)14(15)16)8-12-4-2-3-7-17-12/h5-6,9,12,14,17H,2-4,7-8H2,1H3. The van der Waals surface area contributed by atoms with Gasteiger partial charge in [0.15, 0.2) is 0 Å². The zero-order valence-corrected chi connectivity index (χ0v) is 10.2. The summed E-state index contributed by atoms with van der Waals surface area (Å²) in [5, 5.41) is 3.44. The summed E-state index contributed by atoms with van der Waals surface area (Å²) in [6, 6.07) is 5.89. The number of rotatable bonds is 3. The summed E-state index contributed by atoms with van der Waals surface area (Å²) in [5.41, 5.74) is 1.88. The molecule has 1 aliphatic heterocycles. The Morgan fingerprint density at radius 3 is 2.82 bits per heavy atom. The summed E-state index contributed by atoms with van der Waals surface area (Å²) in [7, 11) is 0. The van der Waals surface area contributed by atoms with Gasteiger partial charge in [0.2, 0.25) is 0 Å². The van der Waals surface area contributed by atoms with E-state index in [4.69, 9.17) is 0 Å². The molecule has 1 nitrogen and oxygen atoms in total. The van der Waals surface area contributed by atoms with E-state index < -0.39 is 6.43 Å². The fourth-order valence-corrected chi connectivity index (χ4v) is 2.43. The lowest BCUT2D eigenvalue weighted by Gasteiger charge is -2.23. The predicted molar refractivity (Wildman–Crippen MR) is 65.5 cm³/mol. The van der Waals surface area contributed by atoms with Crippen LogP contribution in [0.4, 0.5) is 8.78 Å². The van der Waals surface area contributed by atoms with Crippen LogP contribution in [-0.2, 0) is 6.42 Å². The quantitative estimate of drug-likeness (QED) is 0.849. The lowest BCUT2D eigenvalue weighted by atomic mass is 9.95. The number of piperidine rings is 1. The summed E-state index contributed by atoms with van der Waals surface area (Å²) in [6.45, 7) is 2.79. The number of hydrogen-bond donors (Lipinski definition) is 1. The van der Waals surface area contributed by atoms with Gasteiger partial charge in [-0.2, -0.15) is 0 Å². The third-order valence-electron chi connectivity index (χ3n) is 3.47. The Morgan fingerprint density at radius 2 is 2.18 bits per heavy atom. The third kappa shape index (κ3) is 3.25. The maximum atomic E-state index is 12.8. The zero-order valence-electron chi connectivity index (χ0n) is 10.2. The monoisotopic (exact) mass is 239 g/mol. The molecule has 1 N–H and O–H groups in total. The molecule has 0 aliphatic carbocycles. The lowest BCUT2D eigenvalue weighted by molar-refractivity contribution is 0.150. The summed E-state index contributed by atoms with van der Waals surface area (Å²) in [4.78, 5) is 0. The minimum absolute atomic E-state index is 0.179. The summed E-state index contributed by atoms with van der Waals surface area (Å²) >= 11 is 0. The number of benzene rings is 1. The smallest absolute Gasteiger partial charge is 0.264 e. The van der Waals surface area contributed by atoms with E-state index in [0.717, 1.165) is 24.9 Å². The average Bonchev–Trinajstić information content (AvgIpc) is 2.32. The molecule has 1 aromatic carbocycles. The predicted octanol–water partition coefficient (Wildman–Crippen LogP) is 3.62. The highest BCUT2D eigenvalue weighted by atomic mass is 19.3. The van der Waals surface area contributed by atoms with Crippen molar-refractivity contribution in [1.82, 2.24) is 5.32 Å². The second-order valence-corrected chi connectivity index (χ2v) is 4.84. The highest BCUT2D eigenvalue weighted by Gasteiger charge is 2.15. The molecule has 17 heavy (non-hydrogen) atoms.